The van der Waals surface area contributed by atoms with Gasteiger partial charge in [0.05, 0.1) is 6.10 Å². The molecule has 0 radical (unpaired) electrons. The number of aliphatic hydroxyl groups is 1. The lowest BCUT2D eigenvalue weighted by Gasteiger charge is -2.30. The van der Waals surface area contributed by atoms with Crippen LogP contribution in [0.4, 0.5) is 0 Å². The molecule has 0 aromatic heterocycles. The summed E-state index contributed by atoms with van der Waals surface area (Å²) in [7, 11) is 0. The van der Waals surface area contributed by atoms with Gasteiger partial charge in [0.15, 0.2) is 0 Å². The van der Waals surface area contributed by atoms with Gasteiger partial charge in [0, 0.05) is 28.7 Å². The first-order valence-corrected chi connectivity index (χ1v) is 6.25. The van der Waals surface area contributed by atoms with Gasteiger partial charge in [-0.15, -0.1) is 0 Å². The monoisotopic (exact) mass is 259 g/mol. The highest BCUT2D eigenvalue weighted by molar-refractivity contribution is 6.35. The molecule has 2 nitrogen and oxygen atoms in total. The van der Waals surface area contributed by atoms with Crippen LogP contribution in [0.3, 0.4) is 0 Å². The van der Waals surface area contributed by atoms with Gasteiger partial charge in [0.2, 0.25) is 0 Å². The second kappa shape index (κ2) is 5.37. The van der Waals surface area contributed by atoms with Crippen LogP contribution in [0.2, 0.25) is 10.0 Å². The summed E-state index contributed by atoms with van der Waals surface area (Å²) in [4.78, 5) is 2.20. The van der Waals surface area contributed by atoms with Gasteiger partial charge in [-0.3, -0.25) is 4.90 Å². The van der Waals surface area contributed by atoms with Crippen LogP contribution in [-0.2, 0) is 6.54 Å². The quantitative estimate of drug-likeness (QED) is 0.883. The average molecular weight is 260 g/mol. The summed E-state index contributed by atoms with van der Waals surface area (Å²) in [5.41, 5.74) is 0.958. The Bertz CT molecular complexity index is 350. The lowest BCUT2D eigenvalue weighted by molar-refractivity contribution is 0.0668. The third kappa shape index (κ3) is 2.89. The van der Waals surface area contributed by atoms with E-state index in [9.17, 15) is 5.11 Å². The molecule has 0 aliphatic carbocycles. The third-order valence-corrected chi connectivity index (χ3v) is 3.63. The molecule has 4 heteroatoms. The molecule has 0 amide bonds. The molecule has 1 aliphatic rings. The van der Waals surface area contributed by atoms with E-state index < -0.39 is 0 Å². The lowest BCUT2D eigenvalue weighted by Crippen LogP contribution is -2.37. The highest BCUT2D eigenvalue weighted by Crippen LogP contribution is 2.26. The molecule has 16 heavy (non-hydrogen) atoms. The molecule has 1 saturated heterocycles. The molecule has 0 unspecified atom stereocenters. The zero-order valence-electron chi connectivity index (χ0n) is 9.00. The predicted octanol–water partition coefficient (Wildman–Crippen LogP) is 2.95. The Morgan fingerprint density at radius 1 is 1.31 bits per heavy atom. The molecule has 1 atom stereocenters. The fourth-order valence-electron chi connectivity index (χ4n) is 2.08. The topological polar surface area (TPSA) is 23.5 Å². The number of nitrogens with zero attached hydrogens (tertiary/aromatic N) is 1. The minimum Gasteiger partial charge on any atom is -0.392 e. The fourth-order valence-corrected chi connectivity index (χ4v) is 2.60. The van der Waals surface area contributed by atoms with Crippen molar-refractivity contribution in [2.75, 3.05) is 13.1 Å². The zero-order valence-corrected chi connectivity index (χ0v) is 10.5. The second-order valence-corrected chi connectivity index (χ2v) is 5.05. The van der Waals surface area contributed by atoms with Crippen LogP contribution in [0.25, 0.3) is 0 Å². The number of benzene rings is 1. The van der Waals surface area contributed by atoms with Crippen molar-refractivity contribution in [3.63, 3.8) is 0 Å². The van der Waals surface area contributed by atoms with Crippen LogP contribution in [0, 0.1) is 0 Å². The Kier molecular flexibility index (Phi) is 4.09. The van der Waals surface area contributed by atoms with Gasteiger partial charge in [-0.25, -0.2) is 0 Å². The Hall–Kier alpha value is -0.280. The summed E-state index contributed by atoms with van der Waals surface area (Å²) in [6.45, 7) is 2.43. The van der Waals surface area contributed by atoms with Crippen molar-refractivity contribution >= 4 is 23.2 Å². The van der Waals surface area contributed by atoms with Crippen molar-refractivity contribution in [3.8, 4) is 0 Å². The maximum atomic E-state index is 9.59. The van der Waals surface area contributed by atoms with Crippen LogP contribution in [0.1, 0.15) is 18.4 Å². The van der Waals surface area contributed by atoms with Crippen molar-refractivity contribution in [1.29, 1.82) is 0 Å². The smallest absolute Gasteiger partial charge is 0.0667 e. The molecule has 2 rings (SSSR count). The molecular weight excluding hydrogens is 245 g/mol. The summed E-state index contributed by atoms with van der Waals surface area (Å²) >= 11 is 12.2. The van der Waals surface area contributed by atoms with Gasteiger partial charge in [0.1, 0.15) is 0 Å². The summed E-state index contributed by atoms with van der Waals surface area (Å²) in [5, 5.41) is 11.0. The molecule has 1 fully saturated rings. The van der Waals surface area contributed by atoms with Crippen LogP contribution < -0.4 is 0 Å². The summed E-state index contributed by atoms with van der Waals surface area (Å²) in [5.74, 6) is 0. The van der Waals surface area contributed by atoms with Crippen molar-refractivity contribution in [2.24, 2.45) is 0 Å². The standard InChI is InChI=1S/C12H15Cl2NO/c13-11-4-1-5-12(14)10(11)8-15-6-2-3-9(16)7-15/h1,4-5,9,16H,2-3,6-8H2/t9-/m1/s1. The minimum absolute atomic E-state index is 0.213. The number of β-amino-alcohol motifs (C(OH)–C–C–N with tert-alkyl or cyclic N) is 1. The van der Waals surface area contributed by atoms with E-state index in [0.29, 0.717) is 16.6 Å². The first-order valence-electron chi connectivity index (χ1n) is 5.50. The van der Waals surface area contributed by atoms with E-state index in [4.69, 9.17) is 23.2 Å². The molecule has 1 N–H and O–H groups in total. The van der Waals surface area contributed by atoms with E-state index in [1.807, 2.05) is 18.2 Å². The van der Waals surface area contributed by atoms with Crippen molar-refractivity contribution in [3.05, 3.63) is 33.8 Å². The number of rotatable bonds is 2. The fraction of sp³-hybridized carbons (Fsp3) is 0.500. The third-order valence-electron chi connectivity index (χ3n) is 2.92. The van der Waals surface area contributed by atoms with Gasteiger partial charge in [-0.05, 0) is 31.5 Å². The van der Waals surface area contributed by atoms with E-state index in [2.05, 4.69) is 4.90 Å². The van der Waals surface area contributed by atoms with Gasteiger partial charge in [-0.2, -0.15) is 0 Å². The number of piperidine rings is 1. The van der Waals surface area contributed by atoms with E-state index in [1.165, 1.54) is 0 Å². The summed E-state index contributed by atoms with van der Waals surface area (Å²) in [6.07, 6.45) is 1.71. The van der Waals surface area contributed by atoms with Crippen molar-refractivity contribution in [1.82, 2.24) is 4.90 Å². The summed E-state index contributed by atoms with van der Waals surface area (Å²) < 4.78 is 0. The van der Waals surface area contributed by atoms with Gasteiger partial charge in [0.25, 0.3) is 0 Å². The molecule has 1 aromatic carbocycles. The number of likely N-dealkylation sites (tertiary alicyclic amines) is 1. The molecule has 0 bridgehead atoms. The lowest BCUT2D eigenvalue weighted by atomic mass is 10.1. The molecule has 0 saturated carbocycles. The van der Waals surface area contributed by atoms with Crippen LogP contribution in [-0.4, -0.2) is 29.2 Å². The van der Waals surface area contributed by atoms with E-state index >= 15 is 0 Å². The molecule has 1 aliphatic heterocycles. The molecule has 1 heterocycles. The van der Waals surface area contributed by atoms with E-state index in [1.54, 1.807) is 0 Å². The maximum Gasteiger partial charge on any atom is 0.0667 e. The predicted molar refractivity (Wildman–Crippen MR) is 67.0 cm³/mol. The largest absolute Gasteiger partial charge is 0.392 e. The van der Waals surface area contributed by atoms with E-state index in [0.717, 1.165) is 31.5 Å². The Morgan fingerprint density at radius 2 is 2.00 bits per heavy atom. The van der Waals surface area contributed by atoms with E-state index in [-0.39, 0.29) is 6.10 Å². The minimum atomic E-state index is -0.213. The van der Waals surface area contributed by atoms with Crippen molar-refractivity contribution in [2.45, 2.75) is 25.5 Å². The zero-order chi connectivity index (χ0) is 11.5. The number of hydrogen-bond acceptors (Lipinski definition) is 2. The highest BCUT2D eigenvalue weighted by atomic mass is 35.5. The van der Waals surface area contributed by atoms with Crippen LogP contribution >= 0.6 is 23.2 Å². The SMILES string of the molecule is O[C@@H]1CCCN(Cc2c(Cl)cccc2Cl)C1. The molecule has 88 valence electrons. The number of aliphatic hydroxyl groups excluding tert-OH is 1. The van der Waals surface area contributed by atoms with Crippen LogP contribution in [0.15, 0.2) is 18.2 Å². The average Bonchev–Trinajstić information content (AvgIpc) is 2.24. The van der Waals surface area contributed by atoms with Gasteiger partial charge in [-0.1, -0.05) is 29.3 Å². The highest BCUT2D eigenvalue weighted by Gasteiger charge is 2.19. The molecule has 0 spiro atoms. The first kappa shape index (κ1) is 12.2. The number of halogens is 2. The Morgan fingerprint density at radius 3 is 2.62 bits per heavy atom. The number of hydrogen-bond donors (Lipinski definition) is 1. The molecule has 1 aromatic rings. The van der Waals surface area contributed by atoms with Gasteiger partial charge >= 0.3 is 0 Å². The Balaban J connectivity index is 2.08. The Labute approximate surface area is 106 Å². The van der Waals surface area contributed by atoms with Crippen LogP contribution in [0.5, 0.6) is 0 Å². The maximum absolute atomic E-state index is 9.59. The first-order chi connectivity index (χ1) is 7.66. The van der Waals surface area contributed by atoms with Gasteiger partial charge < -0.3 is 5.11 Å². The second-order valence-electron chi connectivity index (χ2n) is 4.23. The summed E-state index contributed by atoms with van der Waals surface area (Å²) in [6, 6.07) is 5.55. The normalized spacial score (nSPS) is 22.3. The molecular formula is C12H15Cl2NO. The van der Waals surface area contributed by atoms with Crippen molar-refractivity contribution < 1.29 is 5.11 Å².